The Kier molecular flexibility index (Phi) is 3.89. The number of rotatable bonds is 3. The lowest BCUT2D eigenvalue weighted by molar-refractivity contribution is 0.100. The number of halogens is 1. The van der Waals surface area contributed by atoms with Crippen molar-refractivity contribution in [2.24, 2.45) is 5.73 Å². The molecule has 2 heterocycles. The summed E-state index contributed by atoms with van der Waals surface area (Å²) in [6.07, 6.45) is 0. The van der Waals surface area contributed by atoms with Gasteiger partial charge in [-0.1, -0.05) is 42.5 Å². The second-order valence-corrected chi connectivity index (χ2v) is 6.82. The van der Waals surface area contributed by atoms with Crippen molar-refractivity contribution in [3.05, 3.63) is 71.4 Å². The normalized spacial score (nSPS) is 11.0. The van der Waals surface area contributed by atoms with Crippen molar-refractivity contribution >= 4 is 33.1 Å². The number of benzene rings is 2. The maximum absolute atomic E-state index is 13.8. The van der Waals surface area contributed by atoms with Crippen LogP contribution in [0.15, 0.2) is 60.7 Å². The van der Waals surface area contributed by atoms with Crippen LogP contribution in [0.4, 0.5) is 10.1 Å². The number of amides is 1. The fourth-order valence-electron chi connectivity index (χ4n) is 2.94. The molecule has 4 aromatic rings. The number of pyridine rings is 1. The van der Waals surface area contributed by atoms with Crippen molar-refractivity contribution in [2.45, 2.75) is 0 Å². The zero-order valence-corrected chi connectivity index (χ0v) is 14.4. The lowest BCUT2D eigenvalue weighted by atomic mass is 9.99. The van der Waals surface area contributed by atoms with Crippen LogP contribution in [-0.4, -0.2) is 10.9 Å². The Morgan fingerprint density at radius 2 is 1.73 bits per heavy atom. The first-order chi connectivity index (χ1) is 12.5. The molecule has 4 nitrogen and oxygen atoms in total. The van der Waals surface area contributed by atoms with E-state index < -0.39 is 5.91 Å². The quantitative estimate of drug-likeness (QED) is 0.564. The molecule has 0 saturated heterocycles. The van der Waals surface area contributed by atoms with Gasteiger partial charge < -0.3 is 11.5 Å². The third-order valence-corrected chi connectivity index (χ3v) is 5.24. The van der Waals surface area contributed by atoms with E-state index in [0.717, 1.165) is 28.2 Å². The van der Waals surface area contributed by atoms with E-state index in [4.69, 9.17) is 11.5 Å². The van der Waals surface area contributed by atoms with E-state index >= 15 is 0 Å². The van der Waals surface area contributed by atoms with Gasteiger partial charge in [0.25, 0.3) is 5.91 Å². The number of nitrogens with two attached hydrogens (primary N) is 2. The van der Waals surface area contributed by atoms with Crippen LogP contribution in [0.1, 0.15) is 9.67 Å². The number of carbonyl (C=O) groups excluding carboxylic acids is 1. The summed E-state index contributed by atoms with van der Waals surface area (Å²) in [6, 6.07) is 17.7. The average Bonchev–Trinajstić information content (AvgIpc) is 2.99. The van der Waals surface area contributed by atoms with Gasteiger partial charge in [0.05, 0.1) is 11.4 Å². The summed E-state index contributed by atoms with van der Waals surface area (Å²) in [6.45, 7) is 0. The maximum atomic E-state index is 13.8. The van der Waals surface area contributed by atoms with E-state index in [9.17, 15) is 9.18 Å². The van der Waals surface area contributed by atoms with Crippen LogP contribution in [0, 0.1) is 5.82 Å². The molecule has 0 radical (unpaired) electrons. The molecule has 0 unspecified atom stereocenters. The van der Waals surface area contributed by atoms with E-state index in [1.54, 1.807) is 12.1 Å². The number of fused-ring (bicyclic) bond motifs is 1. The third kappa shape index (κ3) is 2.70. The van der Waals surface area contributed by atoms with Crippen LogP contribution >= 0.6 is 11.3 Å². The fraction of sp³-hybridized carbons (Fsp3) is 0. The summed E-state index contributed by atoms with van der Waals surface area (Å²) in [7, 11) is 0. The Labute approximate surface area is 152 Å². The van der Waals surface area contributed by atoms with Crippen LogP contribution in [-0.2, 0) is 0 Å². The molecule has 0 aliphatic carbocycles. The van der Waals surface area contributed by atoms with E-state index in [-0.39, 0.29) is 16.4 Å². The zero-order chi connectivity index (χ0) is 18.3. The molecular weight excluding hydrogens is 349 g/mol. The fourth-order valence-corrected chi connectivity index (χ4v) is 3.92. The summed E-state index contributed by atoms with van der Waals surface area (Å²) < 4.78 is 13.8. The Bertz CT molecular complexity index is 1140. The summed E-state index contributed by atoms with van der Waals surface area (Å²) >= 11 is 1.15. The molecule has 0 atom stereocenters. The minimum Gasteiger partial charge on any atom is -0.397 e. The van der Waals surface area contributed by atoms with Gasteiger partial charge in [0.15, 0.2) is 0 Å². The highest BCUT2D eigenvalue weighted by molar-refractivity contribution is 7.21. The lowest BCUT2D eigenvalue weighted by Crippen LogP contribution is -2.10. The highest BCUT2D eigenvalue weighted by Gasteiger charge is 2.20. The van der Waals surface area contributed by atoms with Crippen molar-refractivity contribution < 1.29 is 9.18 Å². The SMILES string of the molecule is NC(=O)c1sc2nc(-c3ccccc3)cc(-c3cccc(F)c3)c2c1N. The molecule has 26 heavy (non-hydrogen) atoms. The van der Waals surface area contributed by atoms with Gasteiger partial charge in [-0.3, -0.25) is 4.79 Å². The topological polar surface area (TPSA) is 82.0 Å². The van der Waals surface area contributed by atoms with Crippen molar-refractivity contribution in [3.8, 4) is 22.4 Å². The van der Waals surface area contributed by atoms with Gasteiger partial charge in [-0.2, -0.15) is 0 Å². The van der Waals surface area contributed by atoms with Gasteiger partial charge in [0.2, 0.25) is 0 Å². The second-order valence-electron chi connectivity index (χ2n) is 5.82. The number of carbonyl (C=O) groups is 1. The van der Waals surface area contributed by atoms with Gasteiger partial charge in [-0.25, -0.2) is 9.37 Å². The van der Waals surface area contributed by atoms with E-state index in [1.807, 2.05) is 36.4 Å². The predicted octanol–water partition coefficient (Wildman–Crippen LogP) is 4.45. The Hall–Kier alpha value is -3.25. The molecule has 1 amide bonds. The zero-order valence-electron chi connectivity index (χ0n) is 13.6. The molecule has 0 spiro atoms. The smallest absolute Gasteiger partial charge is 0.260 e. The van der Waals surface area contributed by atoms with Crippen molar-refractivity contribution in [1.29, 1.82) is 0 Å². The number of anilines is 1. The lowest BCUT2D eigenvalue weighted by Gasteiger charge is -2.09. The number of hydrogen-bond acceptors (Lipinski definition) is 4. The predicted molar refractivity (Wildman–Crippen MR) is 103 cm³/mol. The monoisotopic (exact) mass is 363 g/mol. The molecule has 0 bridgehead atoms. The molecule has 4 rings (SSSR count). The number of aromatic nitrogens is 1. The number of primary amides is 1. The van der Waals surface area contributed by atoms with Crippen LogP contribution in [0.5, 0.6) is 0 Å². The van der Waals surface area contributed by atoms with Crippen molar-refractivity contribution in [2.75, 3.05) is 5.73 Å². The first-order valence-corrected chi connectivity index (χ1v) is 8.70. The number of nitrogen functional groups attached to an aromatic ring is 1. The van der Waals surface area contributed by atoms with Crippen LogP contribution in [0.2, 0.25) is 0 Å². The van der Waals surface area contributed by atoms with Gasteiger partial charge in [-0.05, 0) is 29.3 Å². The Balaban J connectivity index is 2.08. The number of nitrogens with zero attached hydrogens (tertiary/aromatic N) is 1. The van der Waals surface area contributed by atoms with E-state index in [0.29, 0.717) is 15.8 Å². The Morgan fingerprint density at radius 1 is 1.00 bits per heavy atom. The molecule has 0 saturated carbocycles. The first kappa shape index (κ1) is 16.2. The molecule has 0 aliphatic heterocycles. The van der Waals surface area contributed by atoms with Gasteiger partial charge in [0, 0.05) is 10.9 Å². The van der Waals surface area contributed by atoms with Crippen LogP contribution in [0.3, 0.4) is 0 Å². The summed E-state index contributed by atoms with van der Waals surface area (Å²) in [5, 5.41) is 0.620. The molecule has 2 aromatic carbocycles. The maximum Gasteiger partial charge on any atom is 0.260 e. The molecule has 2 aromatic heterocycles. The standard InChI is InChI=1S/C20H14FN3OS/c21-13-8-4-7-12(9-13)14-10-15(11-5-2-1-3-6-11)24-20-16(14)17(22)18(26-20)19(23)25/h1-10H,22H2,(H2,23,25). The molecule has 4 N–H and O–H groups in total. The van der Waals surface area contributed by atoms with Crippen molar-refractivity contribution in [1.82, 2.24) is 4.98 Å². The summed E-state index contributed by atoms with van der Waals surface area (Å²) in [4.78, 5) is 17.2. The highest BCUT2D eigenvalue weighted by atomic mass is 32.1. The third-order valence-electron chi connectivity index (χ3n) is 4.13. The first-order valence-electron chi connectivity index (χ1n) is 7.89. The van der Waals surface area contributed by atoms with Crippen molar-refractivity contribution in [3.63, 3.8) is 0 Å². The second kappa shape index (κ2) is 6.24. The van der Waals surface area contributed by atoms with Gasteiger partial charge >= 0.3 is 0 Å². The minimum absolute atomic E-state index is 0.260. The number of hydrogen-bond donors (Lipinski definition) is 2. The molecule has 0 fully saturated rings. The minimum atomic E-state index is -0.600. The van der Waals surface area contributed by atoms with E-state index in [1.165, 1.54) is 12.1 Å². The molecule has 0 aliphatic rings. The highest BCUT2D eigenvalue weighted by Crippen LogP contribution is 2.41. The van der Waals surface area contributed by atoms with Gasteiger partial charge in [-0.15, -0.1) is 11.3 Å². The largest absolute Gasteiger partial charge is 0.397 e. The Morgan fingerprint density at radius 3 is 2.42 bits per heavy atom. The molecule has 6 heteroatoms. The number of thiophene rings is 1. The van der Waals surface area contributed by atoms with Crippen LogP contribution < -0.4 is 11.5 Å². The summed E-state index contributed by atoms with van der Waals surface area (Å²) in [5.41, 5.74) is 14.9. The van der Waals surface area contributed by atoms with Crippen LogP contribution in [0.25, 0.3) is 32.6 Å². The van der Waals surface area contributed by atoms with Gasteiger partial charge in [0.1, 0.15) is 15.5 Å². The molecular formula is C20H14FN3OS. The summed E-state index contributed by atoms with van der Waals surface area (Å²) in [5.74, 6) is -0.949. The van der Waals surface area contributed by atoms with E-state index in [2.05, 4.69) is 4.98 Å². The average molecular weight is 363 g/mol. The molecule has 128 valence electrons.